The zero-order chi connectivity index (χ0) is 15.3. The molecule has 0 amide bonds. The zero-order valence-corrected chi connectivity index (χ0v) is 14.2. The molecule has 1 aliphatic rings. The smallest absolute Gasteiger partial charge is 0.104 e. The molecule has 0 radical (unpaired) electrons. The molecule has 1 aromatic rings. The van der Waals surface area contributed by atoms with Crippen molar-refractivity contribution in [3.63, 3.8) is 0 Å². The molecule has 0 bridgehead atoms. The predicted octanol–water partition coefficient (Wildman–Crippen LogP) is 4.60. The summed E-state index contributed by atoms with van der Waals surface area (Å²) in [5, 5.41) is 12.8. The van der Waals surface area contributed by atoms with E-state index in [-0.39, 0.29) is 5.54 Å². The molecule has 0 aromatic heterocycles. The van der Waals surface area contributed by atoms with Crippen LogP contribution in [0.5, 0.6) is 0 Å². The number of nitriles is 1. The van der Waals surface area contributed by atoms with E-state index in [9.17, 15) is 5.26 Å². The number of unbranched alkanes of at least 4 members (excludes halogenated alkanes) is 1. The van der Waals surface area contributed by atoms with Crippen LogP contribution in [0.15, 0.2) is 23.1 Å². The molecule has 114 valence electrons. The number of hydrogen-bond donors (Lipinski definition) is 1. The zero-order valence-electron chi connectivity index (χ0n) is 13.4. The minimum atomic E-state index is -0.328. The van der Waals surface area contributed by atoms with Crippen molar-refractivity contribution in [1.82, 2.24) is 5.32 Å². The molecule has 1 atom stereocenters. The topological polar surface area (TPSA) is 35.8 Å². The first-order chi connectivity index (χ1) is 10.0. The van der Waals surface area contributed by atoms with Crippen molar-refractivity contribution in [1.29, 1.82) is 5.26 Å². The van der Waals surface area contributed by atoms with E-state index >= 15 is 0 Å². The van der Waals surface area contributed by atoms with Gasteiger partial charge in [0.05, 0.1) is 6.07 Å². The highest BCUT2D eigenvalue weighted by molar-refractivity contribution is 7.99. The quantitative estimate of drug-likeness (QED) is 0.563. The first-order valence-corrected chi connectivity index (χ1v) is 8.90. The molecular formula is C18H26N2S. The largest absolute Gasteiger partial charge is 0.297 e. The molecule has 2 rings (SSSR count). The Morgan fingerprint density at radius 2 is 2.10 bits per heavy atom. The van der Waals surface area contributed by atoms with Crippen LogP contribution in [-0.2, 0) is 0 Å². The average Bonchev–Trinajstić information content (AvgIpc) is 3.24. The van der Waals surface area contributed by atoms with Crippen molar-refractivity contribution >= 4 is 11.8 Å². The summed E-state index contributed by atoms with van der Waals surface area (Å²) in [5.74, 6) is 1.13. The summed E-state index contributed by atoms with van der Waals surface area (Å²) in [6.45, 7) is 6.36. The Bertz CT molecular complexity index is 516. The molecule has 1 fully saturated rings. The lowest BCUT2D eigenvalue weighted by Crippen LogP contribution is -2.42. The second-order valence-corrected chi connectivity index (χ2v) is 7.57. The van der Waals surface area contributed by atoms with Gasteiger partial charge in [0.2, 0.25) is 0 Å². The van der Waals surface area contributed by atoms with E-state index < -0.39 is 0 Å². The van der Waals surface area contributed by atoms with Gasteiger partial charge < -0.3 is 0 Å². The summed E-state index contributed by atoms with van der Waals surface area (Å²) in [6.07, 6.45) is 5.70. The van der Waals surface area contributed by atoms with Crippen molar-refractivity contribution < 1.29 is 0 Å². The Morgan fingerprint density at radius 3 is 2.71 bits per heavy atom. The third-order valence-corrected chi connectivity index (χ3v) is 5.27. The SMILES string of the molecule is Cc1ccc(SCCCCC(C)(C#N)NC2CC2)c(C)c1. The van der Waals surface area contributed by atoms with Crippen LogP contribution < -0.4 is 5.32 Å². The van der Waals surface area contributed by atoms with Crippen molar-refractivity contribution in [3.05, 3.63) is 29.3 Å². The predicted molar refractivity (Wildman–Crippen MR) is 90.7 cm³/mol. The monoisotopic (exact) mass is 302 g/mol. The minimum absolute atomic E-state index is 0.328. The van der Waals surface area contributed by atoms with E-state index in [2.05, 4.69) is 43.4 Å². The van der Waals surface area contributed by atoms with Gasteiger partial charge in [-0.3, -0.25) is 5.32 Å². The minimum Gasteiger partial charge on any atom is -0.297 e. The van der Waals surface area contributed by atoms with E-state index in [0.29, 0.717) is 6.04 Å². The molecule has 0 aliphatic heterocycles. The maximum atomic E-state index is 9.34. The van der Waals surface area contributed by atoms with Crippen molar-refractivity contribution in [2.45, 2.75) is 69.4 Å². The van der Waals surface area contributed by atoms with Gasteiger partial charge in [-0.2, -0.15) is 5.26 Å². The number of rotatable bonds is 8. The molecule has 0 saturated heterocycles. The maximum absolute atomic E-state index is 9.34. The van der Waals surface area contributed by atoms with Gasteiger partial charge in [0.1, 0.15) is 5.54 Å². The second-order valence-electron chi connectivity index (χ2n) is 6.44. The van der Waals surface area contributed by atoms with Gasteiger partial charge in [-0.1, -0.05) is 17.7 Å². The lowest BCUT2D eigenvalue weighted by Gasteiger charge is -2.23. The summed E-state index contributed by atoms with van der Waals surface area (Å²) in [5.41, 5.74) is 2.37. The van der Waals surface area contributed by atoms with E-state index in [4.69, 9.17) is 0 Å². The highest BCUT2D eigenvalue weighted by atomic mass is 32.2. The van der Waals surface area contributed by atoms with Crippen molar-refractivity contribution in [3.8, 4) is 6.07 Å². The lowest BCUT2D eigenvalue weighted by molar-refractivity contribution is 0.402. The molecule has 21 heavy (non-hydrogen) atoms. The molecule has 3 heteroatoms. The summed E-state index contributed by atoms with van der Waals surface area (Å²) >= 11 is 1.94. The average molecular weight is 302 g/mol. The Hall–Kier alpha value is -0.980. The van der Waals surface area contributed by atoms with E-state index in [0.717, 1.165) is 18.6 Å². The van der Waals surface area contributed by atoms with Crippen molar-refractivity contribution in [2.24, 2.45) is 0 Å². The fourth-order valence-electron chi connectivity index (χ4n) is 2.56. The number of benzene rings is 1. The lowest BCUT2D eigenvalue weighted by atomic mass is 9.96. The Kier molecular flexibility index (Phi) is 5.72. The molecule has 1 N–H and O–H groups in total. The normalized spacial score (nSPS) is 17.2. The number of nitrogens with zero attached hydrogens (tertiary/aromatic N) is 1. The van der Waals surface area contributed by atoms with Crippen LogP contribution in [0.2, 0.25) is 0 Å². The van der Waals surface area contributed by atoms with Gasteiger partial charge in [-0.25, -0.2) is 0 Å². The summed E-state index contributed by atoms with van der Waals surface area (Å²) in [4.78, 5) is 1.39. The molecule has 1 saturated carbocycles. The highest BCUT2D eigenvalue weighted by Gasteiger charge is 2.31. The third-order valence-electron chi connectivity index (χ3n) is 4.01. The molecule has 2 nitrogen and oxygen atoms in total. The van der Waals surface area contributed by atoms with Crippen LogP contribution in [0.4, 0.5) is 0 Å². The van der Waals surface area contributed by atoms with Crippen LogP contribution >= 0.6 is 11.8 Å². The molecule has 0 heterocycles. The first kappa shape index (κ1) is 16.4. The Balaban J connectivity index is 1.68. The molecule has 0 spiro atoms. The van der Waals surface area contributed by atoms with Crippen LogP contribution in [0.3, 0.4) is 0 Å². The maximum Gasteiger partial charge on any atom is 0.104 e. The second kappa shape index (κ2) is 7.33. The Morgan fingerprint density at radius 1 is 1.33 bits per heavy atom. The van der Waals surface area contributed by atoms with Gasteiger partial charge in [-0.15, -0.1) is 11.8 Å². The van der Waals surface area contributed by atoms with E-state index in [1.165, 1.54) is 35.3 Å². The molecule has 1 aliphatic carbocycles. The van der Waals surface area contributed by atoms with E-state index in [1.807, 2.05) is 18.7 Å². The summed E-state index contributed by atoms with van der Waals surface area (Å²) in [7, 11) is 0. The summed E-state index contributed by atoms with van der Waals surface area (Å²) in [6, 6.07) is 9.70. The van der Waals surface area contributed by atoms with Gasteiger partial charge in [0.25, 0.3) is 0 Å². The number of thioether (sulfide) groups is 1. The van der Waals surface area contributed by atoms with E-state index in [1.54, 1.807) is 0 Å². The fourth-order valence-corrected chi connectivity index (χ4v) is 3.58. The van der Waals surface area contributed by atoms with Crippen LogP contribution in [-0.4, -0.2) is 17.3 Å². The number of hydrogen-bond acceptors (Lipinski definition) is 3. The number of aryl methyl sites for hydroxylation is 2. The van der Waals surface area contributed by atoms with Crippen molar-refractivity contribution in [2.75, 3.05) is 5.75 Å². The molecule has 1 aromatic carbocycles. The standard InChI is InChI=1S/C18H26N2S/c1-14-6-9-17(15(2)12-14)21-11-5-4-10-18(3,13-19)20-16-7-8-16/h6,9,12,16,20H,4-5,7-8,10-11H2,1-3H3. The van der Waals surface area contributed by atoms with Gasteiger partial charge >= 0.3 is 0 Å². The van der Waals surface area contributed by atoms with Crippen LogP contribution in [0.1, 0.15) is 50.2 Å². The first-order valence-electron chi connectivity index (χ1n) is 7.91. The van der Waals surface area contributed by atoms with Gasteiger partial charge in [-0.05, 0) is 70.3 Å². The third kappa shape index (κ3) is 5.37. The molecule has 1 unspecified atom stereocenters. The van der Waals surface area contributed by atoms with Crippen LogP contribution in [0.25, 0.3) is 0 Å². The Labute approximate surface area is 133 Å². The number of nitrogens with one attached hydrogen (secondary N) is 1. The van der Waals surface area contributed by atoms with Gasteiger partial charge in [0, 0.05) is 10.9 Å². The highest BCUT2D eigenvalue weighted by Crippen LogP contribution is 2.27. The summed E-state index contributed by atoms with van der Waals surface area (Å²) < 4.78 is 0. The fraction of sp³-hybridized carbons (Fsp3) is 0.611. The van der Waals surface area contributed by atoms with Gasteiger partial charge in [0.15, 0.2) is 0 Å². The van der Waals surface area contributed by atoms with Crippen LogP contribution in [0, 0.1) is 25.2 Å². The molecular weight excluding hydrogens is 276 g/mol.